The Morgan fingerprint density at radius 2 is 1.95 bits per heavy atom. The molecule has 122 valence electrons. The second kappa shape index (κ2) is 7.79. The van der Waals surface area contributed by atoms with E-state index in [0.29, 0.717) is 13.0 Å². The molecule has 22 heavy (non-hydrogen) atoms. The van der Waals surface area contributed by atoms with Crippen LogP contribution in [0.25, 0.3) is 0 Å². The van der Waals surface area contributed by atoms with Crippen LogP contribution in [0, 0.1) is 0 Å². The molecule has 0 radical (unpaired) electrons. The number of alkyl halides is 3. The molecule has 2 N–H and O–H groups in total. The van der Waals surface area contributed by atoms with Crippen molar-refractivity contribution in [2.75, 3.05) is 25.0 Å². The second-order valence-corrected chi connectivity index (χ2v) is 4.73. The third-order valence-electron chi connectivity index (χ3n) is 2.74. The molecule has 0 bridgehead atoms. The van der Waals surface area contributed by atoms with Crippen molar-refractivity contribution in [3.8, 4) is 0 Å². The van der Waals surface area contributed by atoms with Crippen LogP contribution in [0.2, 0.25) is 0 Å². The number of nitrogens with zero attached hydrogens (tertiary/aromatic N) is 1. The minimum Gasteiger partial charge on any atom is -0.480 e. The van der Waals surface area contributed by atoms with Gasteiger partial charge in [0.15, 0.2) is 0 Å². The lowest BCUT2D eigenvalue weighted by molar-refractivity contribution is -0.139. The number of carbonyl (C=O) groups is 2. The molecule has 0 spiro atoms. The summed E-state index contributed by atoms with van der Waals surface area (Å²) in [6.45, 7) is 1.74. The zero-order valence-electron chi connectivity index (χ0n) is 12.0. The molecular formula is C14H17F3N2O3. The molecule has 1 aromatic rings. The molecular weight excluding hydrogens is 301 g/mol. The molecule has 1 rings (SSSR count). The SMILES string of the molecule is CCCN(CC(=O)O)CC(=O)Nc1cccc(C(F)(F)F)c1. The third-order valence-corrected chi connectivity index (χ3v) is 2.74. The Morgan fingerprint density at radius 1 is 1.27 bits per heavy atom. The minimum atomic E-state index is -4.49. The number of amides is 1. The fourth-order valence-corrected chi connectivity index (χ4v) is 1.90. The van der Waals surface area contributed by atoms with Crippen LogP contribution in [0.15, 0.2) is 24.3 Å². The number of rotatable bonds is 7. The molecule has 8 heteroatoms. The number of carboxylic acid groups (broad SMARTS) is 1. The molecule has 1 amide bonds. The number of carboxylic acids is 1. The van der Waals surface area contributed by atoms with E-state index in [1.165, 1.54) is 17.0 Å². The molecule has 0 saturated heterocycles. The highest BCUT2D eigenvalue weighted by Gasteiger charge is 2.30. The first kappa shape index (κ1) is 18.0. The summed E-state index contributed by atoms with van der Waals surface area (Å²) < 4.78 is 37.7. The van der Waals surface area contributed by atoms with Crippen LogP contribution in [0.3, 0.4) is 0 Å². The first-order chi connectivity index (χ1) is 10.2. The summed E-state index contributed by atoms with van der Waals surface area (Å²) in [5.41, 5.74) is -0.840. The average molecular weight is 318 g/mol. The van der Waals surface area contributed by atoms with Crippen molar-refractivity contribution < 1.29 is 27.9 Å². The molecule has 0 heterocycles. The number of anilines is 1. The van der Waals surface area contributed by atoms with Crippen LogP contribution in [0.4, 0.5) is 18.9 Å². The van der Waals surface area contributed by atoms with E-state index in [9.17, 15) is 22.8 Å². The quantitative estimate of drug-likeness (QED) is 0.810. The van der Waals surface area contributed by atoms with Gasteiger partial charge < -0.3 is 10.4 Å². The van der Waals surface area contributed by atoms with Crippen LogP contribution >= 0.6 is 0 Å². The summed E-state index contributed by atoms with van der Waals surface area (Å²) in [6.07, 6.45) is -3.83. The predicted molar refractivity (Wildman–Crippen MR) is 74.4 cm³/mol. The number of nitrogens with one attached hydrogen (secondary N) is 1. The first-order valence-corrected chi connectivity index (χ1v) is 6.63. The van der Waals surface area contributed by atoms with Gasteiger partial charge in [0.25, 0.3) is 0 Å². The van der Waals surface area contributed by atoms with E-state index in [1.807, 2.05) is 6.92 Å². The van der Waals surface area contributed by atoms with Gasteiger partial charge in [-0.3, -0.25) is 14.5 Å². The van der Waals surface area contributed by atoms with Crippen LogP contribution in [0.5, 0.6) is 0 Å². The monoisotopic (exact) mass is 318 g/mol. The van der Waals surface area contributed by atoms with Gasteiger partial charge in [-0.1, -0.05) is 13.0 Å². The van der Waals surface area contributed by atoms with Gasteiger partial charge in [0.05, 0.1) is 18.7 Å². The molecule has 1 aromatic carbocycles. The van der Waals surface area contributed by atoms with Gasteiger partial charge >= 0.3 is 12.1 Å². The van der Waals surface area contributed by atoms with E-state index in [1.54, 1.807) is 0 Å². The largest absolute Gasteiger partial charge is 0.480 e. The first-order valence-electron chi connectivity index (χ1n) is 6.63. The number of benzene rings is 1. The lowest BCUT2D eigenvalue weighted by Crippen LogP contribution is -2.37. The summed E-state index contributed by atoms with van der Waals surface area (Å²) in [6, 6.07) is 4.27. The summed E-state index contributed by atoms with van der Waals surface area (Å²) in [4.78, 5) is 23.9. The minimum absolute atomic E-state index is 0.0200. The number of aliphatic carboxylic acids is 1. The maximum atomic E-state index is 12.6. The fraction of sp³-hybridized carbons (Fsp3) is 0.429. The Balaban J connectivity index is 2.69. The standard InChI is InChI=1S/C14H17F3N2O3/c1-2-6-19(9-13(21)22)8-12(20)18-11-5-3-4-10(7-11)14(15,16)17/h3-5,7H,2,6,8-9H2,1H3,(H,18,20)(H,21,22). The Morgan fingerprint density at radius 3 is 2.50 bits per heavy atom. The Hall–Kier alpha value is -2.09. The molecule has 5 nitrogen and oxygen atoms in total. The summed E-state index contributed by atoms with van der Waals surface area (Å²) in [5, 5.41) is 11.1. The summed E-state index contributed by atoms with van der Waals surface area (Å²) in [7, 11) is 0. The van der Waals surface area contributed by atoms with Crippen LogP contribution < -0.4 is 5.32 Å². The number of carbonyl (C=O) groups excluding carboxylic acids is 1. The van der Waals surface area contributed by atoms with Crippen molar-refractivity contribution in [1.29, 1.82) is 0 Å². The van der Waals surface area contributed by atoms with Crippen molar-refractivity contribution >= 4 is 17.6 Å². The Bertz CT molecular complexity index is 532. The second-order valence-electron chi connectivity index (χ2n) is 4.73. The fourth-order valence-electron chi connectivity index (χ4n) is 1.90. The third kappa shape index (κ3) is 6.13. The zero-order chi connectivity index (χ0) is 16.8. The van der Waals surface area contributed by atoms with Gasteiger partial charge in [0, 0.05) is 5.69 Å². The molecule has 0 aliphatic rings. The molecule has 0 saturated carbocycles. The smallest absolute Gasteiger partial charge is 0.416 e. The normalized spacial score (nSPS) is 11.5. The highest BCUT2D eigenvalue weighted by Crippen LogP contribution is 2.30. The van der Waals surface area contributed by atoms with Crippen molar-refractivity contribution in [3.63, 3.8) is 0 Å². The van der Waals surface area contributed by atoms with Crippen LogP contribution in [-0.2, 0) is 15.8 Å². The number of hydrogen-bond donors (Lipinski definition) is 2. The molecule has 0 aromatic heterocycles. The lowest BCUT2D eigenvalue weighted by atomic mass is 10.2. The van der Waals surface area contributed by atoms with Crippen molar-refractivity contribution in [3.05, 3.63) is 29.8 Å². The van der Waals surface area contributed by atoms with Gasteiger partial charge in [-0.15, -0.1) is 0 Å². The van der Waals surface area contributed by atoms with E-state index in [2.05, 4.69) is 5.32 Å². The lowest BCUT2D eigenvalue weighted by Gasteiger charge is -2.19. The van der Waals surface area contributed by atoms with Crippen molar-refractivity contribution in [2.24, 2.45) is 0 Å². The molecule has 0 unspecified atom stereocenters. The van der Waals surface area contributed by atoms with E-state index in [-0.39, 0.29) is 18.8 Å². The van der Waals surface area contributed by atoms with Gasteiger partial charge in [-0.25, -0.2) is 0 Å². The molecule has 0 aliphatic heterocycles. The van der Waals surface area contributed by atoms with Gasteiger partial charge in [0.2, 0.25) is 5.91 Å². The van der Waals surface area contributed by atoms with Gasteiger partial charge in [0.1, 0.15) is 0 Å². The predicted octanol–water partition coefficient (Wildman–Crippen LogP) is 2.44. The number of halogens is 3. The van der Waals surface area contributed by atoms with Crippen molar-refractivity contribution in [2.45, 2.75) is 19.5 Å². The van der Waals surface area contributed by atoms with Gasteiger partial charge in [-0.05, 0) is 31.2 Å². The van der Waals surface area contributed by atoms with Crippen LogP contribution in [0.1, 0.15) is 18.9 Å². The maximum Gasteiger partial charge on any atom is 0.416 e. The Kier molecular flexibility index (Phi) is 6.36. The highest BCUT2D eigenvalue weighted by atomic mass is 19.4. The summed E-state index contributed by atoms with van der Waals surface area (Å²) >= 11 is 0. The number of hydrogen-bond acceptors (Lipinski definition) is 3. The Labute approximate surface area is 125 Å². The molecule has 0 atom stereocenters. The van der Waals surface area contributed by atoms with E-state index >= 15 is 0 Å². The molecule has 0 fully saturated rings. The molecule has 0 aliphatic carbocycles. The van der Waals surface area contributed by atoms with Crippen LogP contribution in [-0.4, -0.2) is 41.5 Å². The maximum absolute atomic E-state index is 12.6. The average Bonchev–Trinajstić information content (AvgIpc) is 2.37. The van der Waals surface area contributed by atoms with E-state index in [0.717, 1.165) is 12.1 Å². The zero-order valence-corrected chi connectivity index (χ0v) is 12.0. The van der Waals surface area contributed by atoms with Crippen molar-refractivity contribution in [1.82, 2.24) is 4.90 Å². The van der Waals surface area contributed by atoms with Gasteiger partial charge in [-0.2, -0.15) is 13.2 Å². The topological polar surface area (TPSA) is 69.6 Å². The van der Waals surface area contributed by atoms with E-state index in [4.69, 9.17) is 5.11 Å². The highest BCUT2D eigenvalue weighted by molar-refractivity contribution is 5.92. The van der Waals surface area contributed by atoms with E-state index < -0.39 is 23.6 Å². The summed E-state index contributed by atoms with van der Waals surface area (Å²) in [5.74, 6) is -1.63.